The van der Waals surface area contributed by atoms with Crippen LogP contribution in [0.15, 0.2) is 28.8 Å². The third-order valence-electron chi connectivity index (χ3n) is 2.93. The maximum absolute atomic E-state index is 13.6. The third-order valence-corrected chi connectivity index (χ3v) is 2.93. The van der Waals surface area contributed by atoms with Gasteiger partial charge in [-0.15, -0.1) is 0 Å². The molecule has 102 valence electrons. The lowest BCUT2D eigenvalue weighted by atomic mass is 10.2. The minimum absolute atomic E-state index is 0.309. The first-order valence-corrected chi connectivity index (χ1v) is 6.51. The van der Waals surface area contributed by atoms with Gasteiger partial charge in [-0.1, -0.05) is 24.2 Å². The molecule has 0 amide bonds. The molecule has 0 aliphatic rings. The van der Waals surface area contributed by atoms with Crippen LogP contribution in [0.5, 0.6) is 0 Å². The summed E-state index contributed by atoms with van der Waals surface area (Å²) in [5, 5.41) is 7.14. The number of aryl methyl sites for hydroxylation is 1. The zero-order chi connectivity index (χ0) is 13.7. The van der Waals surface area contributed by atoms with E-state index >= 15 is 0 Å². The topological polar surface area (TPSA) is 51.0 Å². The molecule has 0 radical (unpaired) electrons. The van der Waals surface area contributed by atoms with Gasteiger partial charge in [-0.05, 0) is 32.0 Å². The first-order valence-electron chi connectivity index (χ1n) is 6.51. The van der Waals surface area contributed by atoms with E-state index in [4.69, 9.17) is 4.52 Å². The molecule has 19 heavy (non-hydrogen) atoms. The smallest absolute Gasteiger partial charge is 0.227 e. The van der Waals surface area contributed by atoms with Gasteiger partial charge in [0, 0.05) is 12.5 Å². The summed E-state index contributed by atoms with van der Waals surface area (Å²) in [4.78, 5) is 4.23. The van der Waals surface area contributed by atoms with Crippen LogP contribution in [0.4, 0.5) is 4.39 Å². The van der Waals surface area contributed by atoms with Gasteiger partial charge in [-0.2, -0.15) is 4.98 Å². The molecular weight excluding hydrogens is 245 g/mol. The van der Waals surface area contributed by atoms with Crippen molar-refractivity contribution in [3.63, 3.8) is 0 Å². The maximum atomic E-state index is 13.6. The summed E-state index contributed by atoms with van der Waals surface area (Å²) in [5.74, 6) is 0.517. The van der Waals surface area contributed by atoms with Crippen molar-refractivity contribution >= 4 is 0 Å². The fraction of sp³-hybridized carbons (Fsp3) is 0.429. The minimum Gasteiger partial charge on any atom is -0.339 e. The summed E-state index contributed by atoms with van der Waals surface area (Å²) in [5.41, 5.74) is 0.372. The average Bonchev–Trinajstić information content (AvgIpc) is 2.86. The molecule has 0 bridgehead atoms. The number of hydrogen-bond acceptors (Lipinski definition) is 4. The summed E-state index contributed by atoms with van der Waals surface area (Å²) in [6, 6.07) is 6.82. The van der Waals surface area contributed by atoms with Gasteiger partial charge in [0.25, 0.3) is 0 Å². The molecule has 4 nitrogen and oxygen atoms in total. The van der Waals surface area contributed by atoms with Gasteiger partial charge in [0.05, 0.1) is 5.56 Å². The molecule has 1 aromatic carbocycles. The Bertz CT molecular complexity index is 527. The van der Waals surface area contributed by atoms with Crippen LogP contribution in [-0.2, 0) is 6.42 Å². The molecule has 1 heterocycles. The number of benzene rings is 1. The van der Waals surface area contributed by atoms with Gasteiger partial charge in [0.2, 0.25) is 11.7 Å². The molecule has 0 saturated carbocycles. The highest BCUT2D eigenvalue weighted by atomic mass is 19.1. The van der Waals surface area contributed by atoms with E-state index in [9.17, 15) is 4.39 Å². The van der Waals surface area contributed by atoms with Crippen molar-refractivity contribution < 1.29 is 8.91 Å². The largest absolute Gasteiger partial charge is 0.339 e. The van der Waals surface area contributed by atoms with Crippen molar-refractivity contribution in [3.8, 4) is 11.4 Å². The number of aromatic nitrogens is 2. The molecule has 0 saturated heterocycles. The van der Waals surface area contributed by atoms with Crippen LogP contribution in [0.25, 0.3) is 11.4 Å². The Kier molecular flexibility index (Phi) is 4.63. The lowest BCUT2D eigenvalue weighted by molar-refractivity contribution is 0.367. The number of rotatable bonds is 6. The minimum atomic E-state index is -0.337. The van der Waals surface area contributed by atoms with E-state index in [-0.39, 0.29) is 5.82 Å². The Morgan fingerprint density at radius 3 is 2.89 bits per heavy atom. The molecule has 0 aliphatic heterocycles. The summed E-state index contributed by atoms with van der Waals surface area (Å²) in [6.07, 6.45) is 1.60. The van der Waals surface area contributed by atoms with Crippen molar-refractivity contribution in [2.24, 2.45) is 0 Å². The fourth-order valence-corrected chi connectivity index (χ4v) is 1.90. The van der Waals surface area contributed by atoms with Gasteiger partial charge < -0.3 is 9.84 Å². The predicted octanol–water partition coefficient (Wildman–Crippen LogP) is 2.81. The highest BCUT2D eigenvalue weighted by molar-refractivity contribution is 5.54. The second-order valence-corrected chi connectivity index (χ2v) is 4.49. The molecular formula is C14H18FN3O. The van der Waals surface area contributed by atoms with Gasteiger partial charge >= 0.3 is 0 Å². The fourth-order valence-electron chi connectivity index (χ4n) is 1.90. The first kappa shape index (κ1) is 13.7. The molecule has 0 spiro atoms. The van der Waals surface area contributed by atoms with Crippen molar-refractivity contribution in [1.29, 1.82) is 0 Å². The zero-order valence-electron chi connectivity index (χ0n) is 11.2. The second-order valence-electron chi connectivity index (χ2n) is 4.49. The summed E-state index contributed by atoms with van der Waals surface area (Å²) >= 11 is 0. The molecule has 2 rings (SSSR count). The van der Waals surface area contributed by atoms with Crippen LogP contribution in [-0.4, -0.2) is 22.7 Å². The SMILES string of the molecule is CCNC(C)CCc1nc(-c2ccccc2F)no1. The molecule has 1 atom stereocenters. The molecule has 2 aromatic rings. The van der Waals surface area contributed by atoms with E-state index in [0.717, 1.165) is 13.0 Å². The maximum Gasteiger partial charge on any atom is 0.227 e. The van der Waals surface area contributed by atoms with Crippen molar-refractivity contribution in [2.45, 2.75) is 32.7 Å². The van der Waals surface area contributed by atoms with Crippen LogP contribution < -0.4 is 5.32 Å². The number of nitrogens with one attached hydrogen (secondary N) is 1. The quantitative estimate of drug-likeness (QED) is 0.870. The first-order chi connectivity index (χ1) is 9.20. The Labute approximate surface area is 112 Å². The van der Waals surface area contributed by atoms with Gasteiger partial charge in [0.1, 0.15) is 5.82 Å². The number of halogens is 1. The molecule has 1 aromatic heterocycles. The van der Waals surface area contributed by atoms with E-state index in [1.54, 1.807) is 18.2 Å². The Morgan fingerprint density at radius 2 is 2.16 bits per heavy atom. The lowest BCUT2D eigenvalue weighted by Crippen LogP contribution is -2.25. The highest BCUT2D eigenvalue weighted by Gasteiger charge is 2.12. The Hall–Kier alpha value is -1.75. The highest BCUT2D eigenvalue weighted by Crippen LogP contribution is 2.19. The van der Waals surface area contributed by atoms with E-state index in [1.165, 1.54) is 6.07 Å². The molecule has 5 heteroatoms. The van der Waals surface area contributed by atoms with Crippen molar-refractivity contribution in [3.05, 3.63) is 36.0 Å². The van der Waals surface area contributed by atoms with Crippen molar-refractivity contribution in [2.75, 3.05) is 6.54 Å². The van der Waals surface area contributed by atoms with Crippen LogP contribution in [0.1, 0.15) is 26.2 Å². The van der Waals surface area contributed by atoms with Crippen LogP contribution in [0.2, 0.25) is 0 Å². The van der Waals surface area contributed by atoms with E-state index in [2.05, 4.69) is 29.3 Å². The summed E-state index contributed by atoms with van der Waals surface area (Å²) < 4.78 is 18.7. The van der Waals surface area contributed by atoms with Crippen molar-refractivity contribution in [1.82, 2.24) is 15.5 Å². The monoisotopic (exact) mass is 263 g/mol. The standard InChI is InChI=1S/C14H18FN3O/c1-3-16-10(2)8-9-13-17-14(18-19-13)11-6-4-5-7-12(11)15/h4-7,10,16H,3,8-9H2,1-2H3. The third kappa shape index (κ3) is 3.61. The van der Waals surface area contributed by atoms with Gasteiger partial charge in [-0.3, -0.25) is 0 Å². The van der Waals surface area contributed by atoms with Crippen LogP contribution in [0.3, 0.4) is 0 Å². The zero-order valence-corrected chi connectivity index (χ0v) is 11.2. The number of nitrogens with zero attached hydrogens (tertiary/aromatic N) is 2. The number of hydrogen-bond donors (Lipinski definition) is 1. The summed E-state index contributed by atoms with van der Waals surface area (Å²) in [7, 11) is 0. The Balaban J connectivity index is 2.02. The Morgan fingerprint density at radius 1 is 1.37 bits per heavy atom. The van der Waals surface area contributed by atoms with E-state index in [0.29, 0.717) is 29.7 Å². The van der Waals surface area contributed by atoms with Gasteiger partial charge in [0.15, 0.2) is 0 Å². The summed E-state index contributed by atoms with van der Waals surface area (Å²) in [6.45, 7) is 5.11. The average molecular weight is 263 g/mol. The molecule has 0 fully saturated rings. The van der Waals surface area contributed by atoms with E-state index < -0.39 is 0 Å². The lowest BCUT2D eigenvalue weighted by Gasteiger charge is -2.09. The normalized spacial score (nSPS) is 12.6. The second kappa shape index (κ2) is 6.43. The molecule has 0 aliphatic carbocycles. The molecule has 1 unspecified atom stereocenters. The van der Waals surface area contributed by atoms with Crippen LogP contribution >= 0.6 is 0 Å². The van der Waals surface area contributed by atoms with Crippen LogP contribution in [0, 0.1) is 5.82 Å². The molecule has 1 N–H and O–H groups in total. The predicted molar refractivity (Wildman–Crippen MR) is 71.2 cm³/mol. The van der Waals surface area contributed by atoms with Gasteiger partial charge in [-0.25, -0.2) is 4.39 Å². The van der Waals surface area contributed by atoms with E-state index in [1.807, 2.05) is 0 Å².